The highest BCUT2D eigenvalue weighted by Gasteiger charge is 2.11. The molecule has 1 amide bonds. The summed E-state index contributed by atoms with van der Waals surface area (Å²) in [5.74, 6) is 1.88. The molecule has 0 aliphatic heterocycles. The summed E-state index contributed by atoms with van der Waals surface area (Å²) in [6.07, 6.45) is 0.416. The summed E-state index contributed by atoms with van der Waals surface area (Å²) in [7, 11) is 1.65. The highest BCUT2D eigenvalue weighted by atomic mass is 32.2. The Hall–Kier alpha value is -2.36. The number of ether oxygens (including phenoxy) is 1. The van der Waals surface area contributed by atoms with E-state index >= 15 is 0 Å². The van der Waals surface area contributed by atoms with Crippen molar-refractivity contribution in [3.63, 3.8) is 0 Å². The minimum atomic E-state index is -0.0541. The number of carbonyl (C=O) groups is 2. The van der Waals surface area contributed by atoms with Crippen LogP contribution in [0, 0.1) is 0 Å². The number of benzene rings is 2. The average molecular weight is 460 g/mol. The van der Waals surface area contributed by atoms with E-state index in [2.05, 4.69) is 15.5 Å². The van der Waals surface area contributed by atoms with E-state index in [9.17, 15) is 9.59 Å². The molecule has 30 heavy (non-hydrogen) atoms. The minimum Gasteiger partial charge on any atom is -0.497 e. The molecule has 0 saturated carbocycles. The van der Waals surface area contributed by atoms with Gasteiger partial charge in [0.05, 0.1) is 12.9 Å². The van der Waals surface area contributed by atoms with Crippen LogP contribution in [0.15, 0.2) is 57.2 Å². The van der Waals surface area contributed by atoms with Gasteiger partial charge in [0.2, 0.25) is 5.91 Å². The van der Waals surface area contributed by atoms with Gasteiger partial charge < -0.3 is 10.1 Å². The zero-order valence-electron chi connectivity index (χ0n) is 16.6. The number of rotatable bonds is 10. The summed E-state index contributed by atoms with van der Waals surface area (Å²) in [5, 5.41) is 11.1. The molecule has 1 N–H and O–H groups in total. The third-order valence-corrected chi connectivity index (χ3v) is 7.31. The normalized spacial score (nSPS) is 10.6. The Morgan fingerprint density at radius 3 is 2.30 bits per heavy atom. The van der Waals surface area contributed by atoms with Crippen molar-refractivity contribution in [3.05, 3.63) is 59.7 Å². The Morgan fingerprint density at radius 1 is 1.00 bits per heavy atom. The first kappa shape index (κ1) is 22.3. The maximum Gasteiger partial charge on any atom is 0.224 e. The second-order valence-corrected chi connectivity index (χ2v) is 9.58. The van der Waals surface area contributed by atoms with Crippen LogP contribution in [-0.4, -0.2) is 34.8 Å². The number of thioether (sulfide) groups is 2. The highest BCUT2D eigenvalue weighted by Crippen LogP contribution is 2.31. The summed E-state index contributed by atoms with van der Waals surface area (Å²) in [5.41, 5.74) is 2.48. The topological polar surface area (TPSA) is 81.2 Å². The summed E-state index contributed by atoms with van der Waals surface area (Å²) in [6, 6.07) is 14.9. The third kappa shape index (κ3) is 6.58. The van der Waals surface area contributed by atoms with Crippen LogP contribution in [0.3, 0.4) is 0 Å². The monoisotopic (exact) mass is 459 g/mol. The zero-order valence-corrected chi connectivity index (χ0v) is 19.0. The Kier molecular flexibility index (Phi) is 8.30. The van der Waals surface area contributed by atoms with Gasteiger partial charge in [0.25, 0.3) is 0 Å². The van der Waals surface area contributed by atoms with Gasteiger partial charge >= 0.3 is 0 Å². The molecule has 0 radical (unpaired) electrons. The molecule has 3 aromatic rings. The fourth-order valence-corrected chi connectivity index (χ4v) is 5.25. The molecule has 0 bridgehead atoms. The minimum absolute atomic E-state index is 0.0102. The lowest BCUT2D eigenvalue weighted by Gasteiger charge is -2.04. The molecule has 0 aliphatic carbocycles. The van der Waals surface area contributed by atoms with Gasteiger partial charge in [-0.2, -0.15) is 0 Å². The van der Waals surface area contributed by atoms with E-state index in [-0.39, 0.29) is 11.7 Å². The van der Waals surface area contributed by atoms with Crippen molar-refractivity contribution >= 4 is 52.2 Å². The maximum absolute atomic E-state index is 12.4. The molecular weight excluding hydrogens is 438 g/mol. The Balaban J connectivity index is 1.47. The largest absolute Gasteiger partial charge is 0.497 e. The van der Waals surface area contributed by atoms with E-state index in [1.165, 1.54) is 28.7 Å². The molecule has 1 heterocycles. The molecule has 3 rings (SSSR count). The number of anilines is 1. The van der Waals surface area contributed by atoms with Gasteiger partial charge in [0.15, 0.2) is 14.5 Å². The molecule has 0 unspecified atom stereocenters. The predicted octanol–water partition coefficient (Wildman–Crippen LogP) is 5.16. The first-order valence-electron chi connectivity index (χ1n) is 9.22. The zero-order chi connectivity index (χ0) is 21.3. The third-order valence-electron chi connectivity index (χ3n) is 4.05. The molecule has 6 nitrogen and oxygen atoms in total. The van der Waals surface area contributed by atoms with Crippen molar-refractivity contribution in [2.75, 3.05) is 18.2 Å². The van der Waals surface area contributed by atoms with Crippen LogP contribution in [-0.2, 0) is 10.5 Å². The first-order chi connectivity index (χ1) is 14.6. The van der Waals surface area contributed by atoms with E-state index < -0.39 is 0 Å². The number of hydrogen-bond donors (Lipinski definition) is 1. The summed E-state index contributed by atoms with van der Waals surface area (Å²) in [4.78, 5) is 23.8. The van der Waals surface area contributed by atoms with E-state index in [0.29, 0.717) is 23.4 Å². The summed E-state index contributed by atoms with van der Waals surface area (Å²) in [6.45, 7) is 1.79. The maximum atomic E-state index is 12.4. The van der Waals surface area contributed by atoms with Crippen molar-refractivity contribution in [2.24, 2.45) is 0 Å². The molecular formula is C21H21N3O3S3. The van der Waals surface area contributed by atoms with Gasteiger partial charge in [-0.3, -0.25) is 9.59 Å². The second-order valence-electron chi connectivity index (χ2n) is 6.16. The van der Waals surface area contributed by atoms with Crippen LogP contribution in [0.1, 0.15) is 29.3 Å². The number of ketones is 1. The van der Waals surface area contributed by atoms with Gasteiger partial charge in [-0.05, 0) is 42.0 Å². The van der Waals surface area contributed by atoms with Gasteiger partial charge in [0.1, 0.15) is 5.75 Å². The van der Waals surface area contributed by atoms with Gasteiger partial charge in [-0.15, -0.1) is 10.2 Å². The van der Waals surface area contributed by atoms with E-state index in [0.717, 1.165) is 20.2 Å². The van der Waals surface area contributed by atoms with Gasteiger partial charge in [-0.1, -0.05) is 53.9 Å². The molecule has 0 fully saturated rings. The van der Waals surface area contributed by atoms with Crippen LogP contribution in [0.2, 0.25) is 0 Å². The van der Waals surface area contributed by atoms with Crippen LogP contribution >= 0.6 is 34.9 Å². The Labute approximate surface area is 187 Å². The average Bonchev–Trinajstić information content (AvgIpc) is 3.24. The second kappa shape index (κ2) is 11.1. The van der Waals surface area contributed by atoms with Crippen LogP contribution in [0.4, 0.5) is 5.69 Å². The van der Waals surface area contributed by atoms with Gasteiger partial charge in [-0.25, -0.2) is 0 Å². The van der Waals surface area contributed by atoms with E-state index in [1.54, 1.807) is 50.1 Å². The molecule has 156 valence electrons. The fourth-order valence-electron chi connectivity index (χ4n) is 2.38. The molecule has 9 heteroatoms. The smallest absolute Gasteiger partial charge is 0.224 e. The van der Waals surface area contributed by atoms with Crippen molar-refractivity contribution < 1.29 is 14.3 Å². The molecule has 0 atom stereocenters. The fraction of sp³-hybridized carbons (Fsp3) is 0.238. The van der Waals surface area contributed by atoms with Crippen molar-refractivity contribution in [1.29, 1.82) is 0 Å². The number of amides is 1. The molecule has 2 aromatic carbocycles. The molecule has 1 aromatic heterocycles. The number of methoxy groups -OCH3 is 1. The summed E-state index contributed by atoms with van der Waals surface area (Å²) >= 11 is 4.49. The number of aromatic nitrogens is 2. The number of carbonyl (C=O) groups excluding carboxylic acids is 2. The molecule has 0 spiro atoms. The number of nitrogens with zero attached hydrogens (tertiary/aromatic N) is 2. The van der Waals surface area contributed by atoms with Crippen molar-refractivity contribution in [1.82, 2.24) is 10.2 Å². The Bertz CT molecular complexity index is 989. The lowest BCUT2D eigenvalue weighted by atomic mass is 10.1. The highest BCUT2D eigenvalue weighted by molar-refractivity contribution is 8.03. The Morgan fingerprint density at radius 2 is 1.67 bits per heavy atom. The standard InChI is InChI=1S/C21H21N3O3S3/c1-3-19(26)22-16-8-6-15(7-9-16)18(25)13-29-21-24-23-20(30-21)28-12-14-4-10-17(27-2)11-5-14/h4-11H,3,12-13H2,1-2H3,(H,22,26). The van der Waals surface area contributed by atoms with E-state index in [4.69, 9.17) is 4.74 Å². The quantitative estimate of drug-likeness (QED) is 0.331. The lowest BCUT2D eigenvalue weighted by Crippen LogP contribution is -2.09. The SMILES string of the molecule is CCC(=O)Nc1ccc(C(=O)CSc2nnc(SCc3ccc(OC)cc3)s2)cc1. The lowest BCUT2D eigenvalue weighted by molar-refractivity contribution is -0.115. The summed E-state index contributed by atoms with van der Waals surface area (Å²) < 4.78 is 6.81. The molecule has 0 aliphatic rings. The van der Waals surface area contributed by atoms with Gasteiger partial charge in [0, 0.05) is 23.4 Å². The number of hydrogen-bond acceptors (Lipinski definition) is 8. The van der Waals surface area contributed by atoms with Crippen molar-refractivity contribution in [3.8, 4) is 5.75 Å². The molecule has 0 saturated heterocycles. The van der Waals surface area contributed by atoms with Crippen LogP contribution < -0.4 is 10.1 Å². The predicted molar refractivity (Wildman–Crippen MR) is 123 cm³/mol. The van der Waals surface area contributed by atoms with E-state index in [1.807, 2.05) is 24.3 Å². The van der Waals surface area contributed by atoms with Crippen LogP contribution in [0.25, 0.3) is 0 Å². The first-order valence-corrected chi connectivity index (χ1v) is 12.0. The van der Waals surface area contributed by atoms with Crippen molar-refractivity contribution in [2.45, 2.75) is 27.8 Å². The number of nitrogens with one attached hydrogen (secondary N) is 1. The number of Topliss-reactive ketones (excluding diaryl/α,β-unsaturated/α-hetero) is 1. The van der Waals surface area contributed by atoms with Crippen LogP contribution in [0.5, 0.6) is 5.75 Å².